The van der Waals surface area contributed by atoms with Gasteiger partial charge in [-0.2, -0.15) is 0 Å². The van der Waals surface area contributed by atoms with Crippen molar-refractivity contribution in [1.29, 1.82) is 0 Å². The second-order valence-electron chi connectivity index (χ2n) is 7.55. The Bertz CT molecular complexity index is 886. The number of benzene rings is 1. The van der Waals surface area contributed by atoms with Crippen LogP contribution in [0, 0.1) is 5.92 Å². The molecule has 1 saturated carbocycles. The number of nitrogens with zero attached hydrogens (tertiary/aromatic N) is 2. The molecule has 2 fully saturated rings. The highest BCUT2D eigenvalue weighted by atomic mass is 35.5. The third-order valence-electron chi connectivity index (χ3n) is 5.75. The zero-order valence-corrected chi connectivity index (χ0v) is 16.2. The molecule has 1 aliphatic heterocycles. The van der Waals surface area contributed by atoms with Gasteiger partial charge in [-0.15, -0.1) is 0 Å². The smallest absolute Gasteiger partial charge is 0.254 e. The van der Waals surface area contributed by atoms with Crippen LogP contribution in [0.1, 0.15) is 42.5 Å². The third-order valence-corrected chi connectivity index (χ3v) is 5.99. The lowest BCUT2D eigenvalue weighted by atomic mass is 9.84. The molecule has 4 rings (SSSR count). The number of amides is 2. The maximum absolute atomic E-state index is 13.3. The first-order valence-electron chi connectivity index (χ1n) is 9.63. The fourth-order valence-electron chi connectivity index (χ4n) is 4.46. The van der Waals surface area contributed by atoms with Crippen molar-refractivity contribution in [2.24, 2.45) is 5.92 Å². The Labute approximate surface area is 169 Å². The van der Waals surface area contributed by atoms with Gasteiger partial charge in [-0.1, -0.05) is 30.5 Å². The SMILES string of the molecule is Nc1ccc(NC(=O)C2CC3CCCCC3N2C(=O)c2cccc(Cl)c2)cn1. The average Bonchev–Trinajstić information content (AvgIpc) is 3.09. The van der Waals surface area contributed by atoms with Crippen molar-refractivity contribution in [2.75, 3.05) is 11.1 Å². The molecule has 1 saturated heterocycles. The van der Waals surface area contributed by atoms with E-state index in [4.69, 9.17) is 17.3 Å². The van der Waals surface area contributed by atoms with Crippen molar-refractivity contribution in [3.63, 3.8) is 0 Å². The number of nitrogen functional groups attached to an aromatic ring is 1. The lowest BCUT2D eigenvalue weighted by molar-refractivity contribution is -0.120. The molecule has 2 aromatic rings. The molecule has 3 N–H and O–H groups in total. The standard InChI is InChI=1S/C21H23ClN4O2/c22-15-6-3-5-14(10-15)21(28)26-17-7-2-1-4-13(17)11-18(26)20(27)25-16-8-9-19(23)24-12-16/h3,5-6,8-10,12-13,17-18H,1-2,4,7,11H2,(H2,23,24)(H,25,27). The summed E-state index contributed by atoms with van der Waals surface area (Å²) in [6.45, 7) is 0. The molecule has 3 atom stereocenters. The summed E-state index contributed by atoms with van der Waals surface area (Å²) in [6, 6.07) is 9.87. The first kappa shape index (κ1) is 18.7. The summed E-state index contributed by atoms with van der Waals surface area (Å²) in [6.07, 6.45) is 6.43. The average molecular weight is 399 g/mol. The van der Waals surface area contributed by atoms with E-state index in [2.05, 4.69) is 10.3 Å². The van der Waals surface area contributed by atoms with Gasteiger partial charge < -0.3 is 16.0 Å². The summed E-state index contributed by atoms with van der Waals surface area (Å²) in [5.74, 6) is 0.434. The normalized spacial score (nSPS) is 23.9. The summed E-state index contributed by atoms with van der Waals surface area (Å²) < 4.78 is 0. The minimum absolute atomic E-state index is 0.0977. The van der Waals surface area contributed by atoms with E-state index in [0.29, 0.717) is 34.4 Å². The third kappa shape index (κ3) is 3.69. The van der Waals surface area contributed by atoms with Crippen molar-refractivity contribution in [3.8, 4) is 0 Å². The first-order valence-corrected chi connectivity index (χ1v) is 10.0. The zero-order valence-electron chi connectivity index (χ0n) is 15.5. The lowest BCUT2D eigenvalue weighted by Crippen LogP contribution is -2.47. The van der Waals surface area contributed by atoms with E-state index in [1.807, 2.05) is 0 Å². The predicted octanol–water partition coefficient (Wildman–Crippen LogP) is 3.73. The fraction of sp³-hybridized carbons (Fsp3) is 0.381. The van der Waals surface area contributed by atoms with E-state index in [9.17, 15) is 9.59 Å². The summed E-state index contributed by atoms with van der Waals surface area (Å²) in [4.78, 5) is 32.2. The predicted molar refractivity (Wildman–Crippen MR) is 109 cm³/mol. The number of anilines is 2. The van der Waals surface area contributed by atoms with Crippen LogP contribution in [0.25, 0.3) is 0 Å². The maximum Gasteiger partial charge on any atom is 0.254 e. The largest absolute Gasteiger partial charge is 0.384 e. The van der Waals surface area contributed by atoms with Gasteiger partial charge in [0.25, 0.3) is 5.91 Å². The van der Waals surface area contributed by atoms with Crippen LogP contribution in [-0.4, -0.2) is 33.8 Å². The Balaban J connectivity index is 1.60. The molecule has 2 heterocycles. The molecule has 2 amide bonds. The van der Waals surface area contributed by atoms with Crippen molar-refractivity contribution in [3.05, 3.63) is 53.2 Å². The Morgan fingerprint density at radius 3 is 2.75 bits per heavy atom. The number of aromatic nitrogens is 1. The van der Waals surface area contributed by atoms with Gasteiger partial charge >= 0.3 is 0 Å². The molecule has 6 nitrogen and oxygen atoms in total. The molecule has 7 heteroatoms. The van der Waals surface area contributed by atoms with Crippen LogP contribution in [0.2, 0.25) is 5.02 Å². The monoisotopic (exact) mass is 398 g/mol. The zero-order chi connectivity index (χ0) is 19.7. The number of fused-ring (bicyclic) bond motifs is 1. The number of likely N-dealkylation sites (tertiary alicyclic amines) is 1. The van der Waals surface area contributed by atoms with Crippen LogP contribution in [0.15, 0.2) is 42.6 Å². The quantitative estimate of drug-likeness (QED) is 0.824. The number of halogens is 1. The molecular formula is C21H23ClN4O2. The lowest BCUT2D eigenvalue weighted by Gasteiger charge is -2.33. The minimum Gasteiger partial charge on any atom is -0.384 e. The van der Waals surface area contributed by atoms with Gasteiger partial charge in [-0.25, -0.2) is 4.98 Å². The number of carbonyl (C=O) groups excluding carboxylic acids is 2. The van der Waals surface area contributed by atoms with Crippen LogP contribution in [0.3, 0.4) is 0 Å². The maximum atomic E-state index is 13.3. The molecule has 0 spiro atoms. The van der Waals surface area contributed by atoms with Crippen LogP contribution in [-0.2, 0) is 4.79 Å². The Morgan fingerprint density at radius 1 is 1.18 bits per heavy atom. The molecule has 0 bridgehead atoms. The second kappa shape index (κ2) is 7.80. The number of rotatable bonds is 3. The van der Waals surface area contributed by atoms with E-state index in [1.54, 1.807) is 41.3 Å². The Kier molecular flexibility index (Phi) is 5.22. The number of nitrogens with two attached hydrogens (primary N) is 1. The Hall–Kier alpha value is -2.60. The van der Waals surface area contributed by atoms with E-state index in [0.717, 1.165) is 25.7 Å². The van der Waals surface area contributed by atoms with Gasteiger partial charge in [-0.05, 0) is 55.5 Å². The van der Waals surface area contributed by atoms with Gasteiger partial charge in [-0.3, -0.25) is 9.59 Å². The van der Waals surface area contributed by atoms with Crippen LogP contribution >= 0.6 is 11.6 Å². The summed E-state index contributed by atoms with van der Waals surface area (Å²) in [7, 11) is 0. The van der Waals surface area contributed by atoms with Crippen molar-refractivity contribution in [2.45, 2.75) is 44.2 Å². The van der Waals surface area contributed by atoms with Crippen LogP contribution < -0.4 is 11.1 Å². The molecular weight excluding hydrogens is 376 g/mol. The molecule has 1 aromatic heterocycles. The Morgan fingerprint density at radius 2 is 2.00 bits per heavy atom. The molecule has 3 unspecified atom stereocenters. The summed E-state index contributed by atoms with van der Waals surface area (Å²) >= 11 is 6.08. The highest BCUT2D eigenvalue weighted by Gasteiger charge is 2.47. The molecule has 1 aromatic carbocycles. The van der Waals surface area contributed by atoms with Gasteiger partial charge in [0.1, 0.15) is 11.9 Å². The van der Waals surface area contributed by atoms with Gasteiger partial charge in [0.05, 0.1) is 11.9 Å². The molecule has 2 aliphatic rings. The highest BCUT2D eigenvalue weighted by molar-refractivity contribution is 6.31. The van der Waals surface area contributed by atoms with Crippen molar-refractivity contribution >= 4 is 34.9 Å². The summed E-state index contributed by atoms with van der Waals surface area (Å²) in [5, 5.41) is 3.40. The number of carbonyl (C=O) groups is 2. The highest BCUT2D eigenvalue weighted by Crippen LogP contribution is 2.41. The number of hydrogen-bond donors (Lipinski definition) is 2. The van der Waals surface area contributed by atoms with Gasteiger partial charge in [0, 0.05) is 16.6 Å². The number of pyridine rings is 1. The van der Waals surface area contributed by atoms with Crippen molar-refractivity contribution < 1.29 is 9.59 Å². The van der Waals surface area contributed by atoms with Crippen molar-refractivity contribution in [1.82, 2.24) is 9.88 Å². The molecule has 146 valence electrons. The van der Waals surface area contributed by atoms with E-state index in [1.165, 1.54) is 6.20 Å². The van der Waals surface area contributed by atoms with E-state index >= 15 is 0 Å². The van der Waals surface area contributed by atoms with E-state index in [-0.39, 0.29) is 17.9 Å². The molecule has 1 aliphatic carbocycles. The molecule has 0 radical (unpaired) electrons. The van der Waals surface area contributed by atoms with Crippen LogP contribution in [0.5, 0.6) is 0 Å². The number of nitrogens with one attached hydrogen (secondary N) is 1. The topological polar surface area (TPSA) is 88.3 Å². The molecule has 28 heavy (non-hydrogen) atoms. The second-order valence-corrected chi connectivity index (χ2v) is 7.98. The first-order chi connectivity index (χ1) is 13.5. The summed E-state index contributed by atoms with van der Waals surface area (Å²) in [5.41, 5.74) is 6.70. The van der Waals surface area contributed by atoms with Gasteiger partial charge in [0.2, 0.25) is 5.91 Å². The minimum atomic E-state index is -0.503. The van der Waals surface area contributed by atoms with Crippen LogP contribution in [0.4, 0.5) is 11.5 Å². The fourth-order valence-corrected chi connectivity index (χ4v) is 4.65. The van der Waals surface area contributed by atoms with E-state index < -0.39 is 6.04 Å². The van der Waals surface area contributed by atoms with Gasteiger partial charge in [0.15, 0.2) is 0 Å². The number of hydrogen-bond acceptors (Lipinski definition) is 4.